The molecule has 0 aliphatic heterocycles. The van der Waals surface area contributed by atoms with Crippen molar-refractivity contribution in [1.29, 1.82) is 0 Å². The number of likely N-dealkylation sites (N-methyl/N-ethyl adjacent to an activating group) is 1. The van der Waals surface area contributed by atoms with Gasteiger partial charge in [-0.25, -0.2) is 0 Å². The first-order valence-corrected chi connectivity index (χ1v) is 8.08. The summed E-state index contributed by atoms with van der Waals surface area (Å²) in [5, 5.41) is 3.62. The lowest BCUT2D eigenvalue weighted by atomic mass is 10.1. The maximum Gasteiger partial charge on any atom is 0.416 e. The van der Waals surface area contributed by atoms with Gasteiger partial charge in [-0.2, -0.15) is 13.2 Å². The molecule has 2 aromatic carbocycles. The zero-order valence-corrected chi connectivity index (χ0v) is 14.7. The SMILES string of the molecule is CNCCN(C(=O)c1ccc(C(F)(F)F)cc1)c1ccc(Cl)cc1Cl. The summed E-state index contributed by atoms with van der Waals surface area (Å²) in [6, 6.07) is 8.77. The third-order valence-corrected chi connectivity index (χ3v) is 4.03. The Morgan fingerprint density at radius 1 is 1.12 bits per heavy atom. The molecule has 0 aliphatic carbocycles. The highest BCUT2D eigenvalue weighted by Crippen LogP contribution is 2.31. The lowest BCUT2D eigenvalue weighted by Crippen LogP contribution is -2.36. The summed E-state index contributed by atoms with van der Waals surface area (Å²) < 4.78 is 38.0. The molecule has 0 heterocycles. The van der Waals surface area contributed by atoms with E-state index in [1.165, 1.54) is 11.0 Å². The standard InChI is InChI=1S/C17H15Cl2F3N2O/c1-23-8-9-24(15-7-6-13(18)10-14(15)19)16(25)11-2-4-12(5-3-11)17(20,21)22/h2-7,10,23H,8-9H2,1H3. The third kappa shape index (κ3) is 4.87. The highest BCUT2D eigenvalue weighted by atomic mass is 35.5. The molecular formula is C17H15Cl2F3N2O. The summed E-state index contributed by atoms with van der Waals surface area (Å²) in [5.74, 6) is -0.451. The van der Waals surface area contributed by atoms with Crippen LogP contribution >= 0.6 is 23.2 Å². The maximum atomic E-state index is 12.8. The number of carbonyl (C=O) groups excluding carboxylic acids is 1. The minimum absolute atomic E-state index is 0.134. The van der Waals surface area contributed by atoms with Crippen molar-refractivity contribution >= 4 is 34.8 Å². The molecular weight excluding hydrogens is 376 g/mol. The Bertz CT molecular complexity index is 749. The number of hydrogen-bond acceptors (Lipinski definition) is 2. The van der Waals surface area contributed by atoms with Crippen LogP contribution in [0.15, 0.2) is 42.5 Å². The van der Waals surface area contributed by atoms with Crippen LogP contribution in [-0.2, 0) is 6.18 Å². The van der Waals surface area contributed by atoms with E-state index in [1.807, 2.05) is 0 Å². The minimum atomic E-state index is -4.45. The van der Waals surface area contributed by atoms with E-state index in [0.29, 0.717) is 17.3 Å². The second kappa shape index (κ2) is 8.08. The van der Waals surface area contributed by atoms with Gasteiger partial charge in [0.25, 0.3) is 5.91 Å². The second-order valence-corrected chi connectivity index (χ2v) is 6.07. The topological polar surface area (TPSA) is 32.3 Å². The van der Waals surface area contributed by atoms with Crippen molar-refractivity contribution in [2.45, 2.75) is 6.18 Å². The van der Waals surface area contributed by atoms with Crippen LogP contribution in [0.4, 0.5) is 18.9 Å². The molecule has 2 aromatic rings. The molecule has 0 atom stereocenters. The van der Waals surface area contributed by atoms with Gasteiger partial charge in [-0.05, 0) is 49.5 Å². The number of alkyl halides is 3. The number of benzene rings is 2. The molecule has 0 spiro atoms. The number of anilines is 1. The Morgan fingerprint density at radius 2 is 1.76 bits per heavy atom. The molecule has 8 heteroatoms. The summed E-state index contributed by atoms with van der Waals surface area (Å²) in [7, 11) is 1.73. The molecule has 0 saturated carbocycles. The summed E-state index contributed by atoms with van der Waals surface area (Å²) in [5.41, 5.74) is -0.239. The Labute approximate surface area is 153 Å². The van der Waals surface area contributed by atoms with Crippen LogP contribution in [0.25, 0.3) is 0 Å². The van der Waals surface area contributed by atoms with Gasteiger partial charge >= 0.3 is 6.18 Å². The molecule has 1 amide bonds. The molecule has 0 bridgehead atoms. The van der Waals surface area contributed by atoms with Gasteiger partial charge in [0.15, 0.2) is 0 Å². The van der Waals surface area contributed by atoms with Gasteiger partial charge in [0, 0.05) is 23.7 Å². The Hall–Kier alpha value is -1.76. The lowest BCUT2D eigenvalue weighted by molar-refractivity contribution is -0.137. The average molecular weight is 391 g/mol. The number of hydrogen-bond donors (Lipinski definition) is 1. The van der Waals surface area contributed by atoms with Gasteiger partial charge in [0.1, 0.15) is 0 Å². The van der Waals surface area contributed by atoms with E-state index in [-0.39, 0.29) is 17.1 Å². The van der Waals surface area contributed by atoms with Crippen molar-refractivity contribution in [2.24, 2.45) is 0 Å². The van der Waals surface area contributed by atoms with Crippen LogP contribution < -0.4 is 10.2 Å². The van der Waals surface area contributed by atoms with Gasteiger partial charge in [-0.3, -0.25) is 4.79 Å². The first-order chi connectivity index (χ1) is 11.7. The smallest absolute Gasteiger partial charge is 0.318 e. The van der Waals surface area contributed by atoms with Gasteiger partial charge in [0.05, 0.1) is 16.3 Å². The molecule has 3 nitrogen and oxygen atoms in total. The van der Waals surface area contributed by atoms with E-state index in [9.17, 15) is 18.0 Å². The number of amides is 1. The molecule has 134 valence electrons. The van der Waals surface area contributed by atoms with Crippen molar-refractivity contribution in [3.8, 4) is 0 Å². The summed E-state index contributed by atoms with van der Waals surface area (Å²) >= 11 is 12.0. The van der Waals surface area contributed by atoms with Gasteiger partial charge < -0.3 is 10.2 Å². The molecule has 0 aliphatic rings. The van der Waals surface area contributed by atoms with Crippen molar-refractivity contribution in [3.05, 3.63) is 63.6 Å². The van der Waals surface area contributed by atoms with Crippen LogP contribution in [0.1, 0.15) is 15.9 Å². The van der Waals surface area contributed by atoms with Crippen molar-refractivity contribution in [2.75, 3.05) is 25.0 Å². The lowest BCUT2D eigenvalue weighted by Gasteiger charge is -2.24. The van der Waals surface area contributed by atoms with E-state index in [4.69, 9.17) is 23.2 Å². The van der Waals surface area contributed by atoms with Crippen LogP contribution in [0, 0.1) is 0 Å². The summed E-state index contributed by atoms with van der Waals surface area (Å²) in [4.78, 5) is 14.2. The van der Waals surface area contributed by atoms with Crippen LogP contribution in [0.3, 0.4) is 0 Å². The molecule has 0 radical (unpaired) electrons. The fourth-order valence-corrected chi connectivity index (χ4v) is 2.72. The minimum Gasteiger partial charge on any atom is -0.318 e. The highest BCUT2D eigenvalue weighted by Gasteiger charge is 2.30. The number of halogens is 5. The van der Waals surface area contributed by atoms with Crippen molar-refractivity contribution in [3.63, 3.8) is 0 Å². The number of nitrogens with zero attached hydrogens (tertiary/aromatic N) is 1. The van der Waals surface area contributed by atoms with Crippen LogP contribution in [-0.4, -0.2) is 26.0 Å². The monoisotopic (exact) mass is 390 g/mol. The highest BCUT2D eigenvalue weighted by molar-refractivity contribution is 6.37. The first kappa shape index (κ1) is 19.6. The third-order valence-electron chi connectivity index (χ3n) is 3.49. The average Bonchev–Trinajstić information content (AvgIpc) is 2.55. The molecule has 0 unspecified atom stereocenters. The largest absolute Gasteiger partial charge is 0.416 e. The van der Waals surface area contributed by atoms with E-state index in [2.05, 4.69) is 5.32 Å². The molecule has 25 heavy (non-hydrogen) atoms. The van der Waals surface area contributed by atoms with Crippen molar-refractivity contribution < 1.29 is 18.0 Å². The molecule has 0 fully saturated rings. The second-order valence-electron chi connectivity index (χ2n) is 5.23. The van der Waals surface area contributed by atoms with Gasteiger partial charge in [-0.15, -0.1) is 0 Å². The normalized spacial score (nSPS) is 11.4. The Kier molecular flexibility index (Phi) is 6.32. The van der Waals surface area contributed by atoms with Gasteiger partial charge in [0.2, 0.25) is 0 Å². The van der Waals surface area contributed by atoms with E-state index in [1.54, 1.807) is 19.2 Å². The van der Waals surface area contributed by atoms with E-state index in [0.717, 1.165) is 24.3 Å². The zero-order chi connectivity index (χ0) is 18.6. The molecule has 2 rings (SSSR count). The number of carbonyl (C=O) groups is 1. The first-order valence-electron chi connectivity index (χ1n) is 7.33. The maximum absolute atomic E-state index is 12.8. The predicted octanol–water partition coefficient (Wildman–Crippen LogP) is 4.88. The van der Waals surface area contributed by atoms with Crippen molar-refractivity contribution in [1.82, 2.24) is 5.32 Å². The summed E-state index contributed by atoms with van der Waals surface area (Å²) in [6.07, 6.45) is -4.45. The fraction of sp³-hybridized carbons (Fsp3) is 0.235. The Balaban J connectivity index is 2.35. The number of nitrogens with one attached hydrogen (secondary N) is 1. The summed E-state index contributed by atoms with van der Waals surface area (Å²) in [6.45, 7) is 0.767. The Morgan fingerprint density at radius 3 is 2.28 bits per heavy atom. The predicted molar refractivity (Wildman–Crippen MR) is 93.5 cm³/mol. The van der Waals surface area contributed by atoms with Crippen LogP contribution in [0.5, 0.6) is 0 Å². The molecule has 0 aromatic heterocycles. The van der Waals surface area contributed by atoms with E-state index >= 15 is 0 Å². The quantitative estimate of drug-likeness (QED) is 0.788. The fourth-order valence-electron chi connectivity index (χ4n) is 2.21. The molecule has 1 N–H and O–H groups in total. The molecule has 0 saturated heterocycles. The number of rotatable bonds is 5. The zero-order valence-electron chi connectivity index (χ0n) is 13.2. The van der Waals surface area contributed by atoms with Crippen LogP contribution in [0.2, 0.25) is 10.0 Å². The van der Waals surface area contributed by atoms with Gasteiger partial charge in [-0.1, -0.05) is 23.2 Å². The van der Waals surface area contributed by atoms with E-state index < -0.39 is 17.6 Å².